The first-order valence-corrected chi connectivity index (χ1v) is 14.2. The summed E-state index contributed by atoms with van der Waals surface area (Å²) >= 11 is 0. The Bertz CT molecular complexity index is 1640. The van der Waals surface area contributed by atoms with Gasteiger partial charge >= 0.3 is 12.1 Å². The van der Waals surface area contributed by atoms with Crippen LogP contribution in [0, 0.1) is 12.7 Å². The molecule has 5 nitrogen and oxygen atoms in total. The van der Waals surface area contributed by atoms with Crippen LogP contribution in [-0.2, 0) is 23.9 Å². The van der Waals surface area contributed by atoms with Crippen molar-refractivity contribution in [1.29, 1.82) is 0 Å². The van der Waals surface area contributed by atoms with Gasteiger partial charge in [0.2, 0.25) is 0 Å². The Labute approximate surface area is 247 Å². The Kier molecular flexibility index (Phi) is 8.82. The second kappa shape index (κ2) is 12.6. The van der Waals surface area contributed by atoms with Gasteiger partial charge in [-0.1, -0.05) is 61.0 Å². The average molecular weight is 593 g/mol. The van der Waals surface area contributed by atoms with Gasteiger partial charge in [0.1, 0.15) is 11.9 Å². The molecule has 0 radical (unpaired) electrons. The van der Waals surface area contributed by atoms with Gasteiger partial charge in [0.05, 0.1) is 11.1 Å². The fourth-order valence-electron chi connectivity index (χ4n) is 5.89. The van der Waals surface area contributed by atoms with E-state index >= 15 is 0 Å². The molecule has 1 amide bonds. The first-order chi connectivity index (χ1) is 20.5. The molecule has 0 bridgehead atoms. The maximum Gasteiger partial charge on any atom is 0.417 e. The molecule has 0 aromatic heterocycles. The Balaban J connectivity index is 1.52. The number of amides is 1. The summed E-state index contributed by atoms with van der Waals surface area (Å²) < 4.78 is 57.1. The molecule has 4 aromatic carbocycles. The van der Waals surface area contributed by atoms with Crippen molar-refractivity contribution in [3.63, 3.8) is 0 Å². The van der Waals surface area contributed by atoms with Crippen molar-refractivity contribution in [2.75, 3.05) is 13.1 Å². The van der Waals surface area contributed by atoms with Gasteiger partial charge in [0.25, 0.3) is 5.91 Å². The molecule has 9 heteroatoms. The third kappa shape index (κ3) is 6.72. The van der Waals surface area contributed by atoms with Gasteiger partial charge < -0.3 is 10.4 Å². The average Bonchev–Trinajstić information content (AvgIpc) is 2.96. The van der Waals surface area contributed by atoms with E-state index in [0.717, 1.165) is 50.0 Å². The van der Waals surface area contributed by atoms with Gasteiger partial charge in [0.15, 0.2) is 0 Å². The molecule has 5 rings (SSSR count). The van der Waals surface area contributed by atoms with Crippen molar-refractivity contribution in [1.82, 2.24) is 10.2 Å². The number of aliphatic carboxylic acids is 1. The standard InChI is InChI=1S/C34H32F4N2O3/c1-21-8-5-13-29(35)31(21)32(41)39-30(33(42)43)19-23-9-6-11-25-24(23)10-7-12-26(25)27-18-22(14-15-28(27)34(36,37)38)20-40-16-3-2-4-17-40/h5-15,18,30H,2-4,16-17,19-20H2,1H3,(H,39,41)(H,42,43)/t30-/m0/s1. The molecule has 224 valence electrons. The predicted octanol–water partition coefficient (Wildman–Crippen LogP) is 7.38. The van der Waals surface area contributed by atoms with Crippen LogP contribution in [0.25, 0.3) is 21.9 Å². The van der Waals surface area contributed by atoms with Crippen molar-refractivity contribution >= 4 is 22.6 Å². The minimum atomic E-state index is -4.58. The topological polar surface area (TPSA) is 69.6 Å². The number of piperidine rings is 1. The lowest BCUT2D eigenvalue weighted by atomic mass is 9.90. The molecule has 1 aliphatic heterocycles. The van der Waals surface area contributed by atoms with Crippen molar-refractivity contribution < 1.29 is 32.3 Å². The van der Waals surface area contributed by atoms with Crippen molar-refractivity contribution in [2.45, 2.75) is 51.4 Å². The summed E-state index contributed by atoms with van der Waals surface area (Å²) in [6, 6.07) is 17.1. The van der Waals surface area contributed by atoms with Crippen molar-refractivity contribution in [2.24, 2.45) is 0 Å². The van der Waals surface area contributed by atoms with E-state index in [1.807, 2.05) is 0 Å². The van der Waals surface area contributed by atoms with Crippen molar-refractivity contribution in [3.8, 4) is 11.1 Å². The first kappa shape index (κ1) is 30.2. The van der Waals surface area contributed by atoms with Gasteiger partial charge in [-0.05, 0) is 89.6 Å². The minimum absolute atomic E-state index is 0.0582. The summed E-state index contributed by atoms with van der Waals surface area (Å²) in [4.78, 5) is 27.3. The number of likely N-dealkylation sites (tertiary alicyclic amines) is 1. The van der Waals surface area contributed by atoms with Crippen LogP contribution >= 0.6 is 0 Å². The number of nitrogens with one attached hydrogen (secondary N) is 1. The van der Waals surface area contributed by atoms with E-state index in [2.05, 4.69) is 10.2 Å². The molecule has 2 N–H and O–H groups in total. The molecule has 0 aliphatic carbocycles. The second-order valence-electron chi connectivity index (χ2n) is 11.0. The highest BCUT2D eigenvalue weighted by Gasteiger charge is 2.34. The predicted molar refractivity (Wildman–Crippen MR) is 157 cm³/mol. The zero-order valence-electron chi connectivity index (χ0n) is 23.7. The van der Waals surface area contributed by atoms with Gasteiger partial charge in [-0.2, -0.15) is 13.2 Å². The Morgan fingerprint density at radius 2 is 1.60 bits per heavy atom. The lowest BCUT2D eigenvalue weighted by molar-refractivity contribution is -0.139. The Hall–Kier alpha value is -4.24. The number of halogens is 4. The van der Waals surface area contributed by atoms with Crippen LogP contribution in [-0.4, -0.2) is 41.0 Å². The Morgan fingerprint density at radius 3 is 2.30 bits per heavy atom. The zero-order chi connectivity index (χ0) is 30.7. The number of carbonyl (C=O) groups is 2. The molecule has 0 spiro atoms. The third-order valence-electron chi connectivity index (χ3n) is 8.02. The van der Waals surface area contributed by atoms with Gasteiger partial charge in [-0.3, -0.25) is 9.69 Å². The van der Waals surface area contributed by atoms with Crippen LogP contribution in [0.2, 0.25) is 0 Å². The van der Waals surface area contributed by atoms with Crippen molar-refractivity contribution in [3.05, 3.63) is 106 Å². The first-order valence-electron chi connectivity index (χ1n) is 14.2. The number of carboxylic acid groups (broad SMARTS) is 1. The number of benzene rings is 4. The summed E-state index contributed by atoms with van der Waals surface area (Å²) in [5.41, 5.74) is 1.12. The zero-order valence-corrected chi connectivity index (χ0v) is 23.7. The summed E-state index contributed by atoms with van der Waals surface area (Å²) in [5.74, 6) is -2.94. The number of hydrogen-bond acceptors (Lipinski definition) is 3. The molecule has 1 heterocycles. The van der Waals surface area contributed by atoms with Crippen LogP contribution in [0.15, 0.2) is 72.8 Å². The lowest BCUT2D eigenvalue weighted by Crippen LogP contribution is -2.42. The maximum absolute atomic E-state index is 14.4. The number of rotatable bonds is 8. The quantitative estimate of drug-likeness (QED) is 0.210. The summed E-state index contributed by atoms with van der Waals surface area (Å²) in [5, 5.41) is 13.4. The number of hydrogen-bond donors (Lipinski definition) is 2. The SMILES string of the molecule is Cc1cccc(F)c1C(=O)N[C@@H](Cc1cccc2c(-c3cc(CN4CCCCC4)ccc3C(F)(F)F)cccc12)C(=O)O. The molecule has 43 heavy (non-hydrogen) atoms. The van der Waals surface area contributed by atoms with Gasteiger partial charge in [-0.15, -0.1) is 0 Å². The molecule has 1 aliphatic rings. The molecular formula is C34H32F4N2O3. The van der Waals surface area contributed by atoms with E-state index in [1.165, 1.54) is 12.1 Å². The Morgan fingerprint density at radius 1 is 0.907 bits per heavy atom. The maximum atomic E-state index is 14.4. The molecule has 0 unspecified atom stereocenters. The monoisotopic (exact) mass is 592 g/mol. The van der Waals surface area contributed by atoms with E-state index in [4.69, 9.17) is 0 Å². The van der Waals surface area contributed by atoms with E-state index in [9.17, 15) is 32.3 Å². The number of carboxylic acids is 1. The minimum Gasteiger partial charge on any atom is -0.480 e. The third-order valence-corrected chi connectivity index (χ3v) is 8.02. The molecule has 1 fully saturated rings. The molecule has 0 saturated carbocycles. The number of alkyl halides is 3. The summed E-state index contributed by atoms with van der Waals surface area (Å²) in [7, 11) is 0. The van der Waals surface area contributed by atoms with Crippen LogP contribution in [0.1, 0.15) is 51.9 Å². The molecule has 1 atom stereocenters. The second-order valence-corrected chi connectivity index (χ2v) is 11.0. The van der Waals surface area contributed by atoms with Crippen LogP contribution in [0.4, 0.5) is 17.6 Å². The smallest absolute Gasteiger partial charge is 0.417 e. The van der Waals surface area contributed by atoms with Gasteiger partial charge in [-0.25, -0.2) is 9.18 Å². The van der Waals surface area contributed by atoms with E-state index < -0.39 is 35.5 Å². The van der Waals surface area contributed by atoms with Crippen LogP contribution in [0.5, 0.6) is 0 Å². The summed E-state index contributed by atoms with van der Waals surface area (Å²) in [6.07, 6.45) is -1.45. The van der Waals surface area contributed by atoms with E-state index in [1.54, 1.807) is 55.5 Å². The van der Waals surface area contributed by atoms with Gasteiger partial charge in [0, 0.05) is 13.0 Å². The van der Waals surface area contributed by atoms with E-state index in [0.29, 0.717) is 34.0 Å². The number of aryl methyl sites for hydroxylation is 1. The highest BCUT2D eigenvalue weighted by molar-refractivity contribution is 6.00. The lowest BCUT2D eigenvalue weighted by Gasteiger charge is -2.27. The number of nitrogens with zero attached hydrogens (tertiary/aromatic N) is 1. The summed E-state index contributed by atoms with van der Waals surface area (Å²) in [6.45, 7) is 3.93. The molecular weight excluding hydrogens is 560 g/mol. The number of fused-ring (bicyclic) bond motifs is 1. The molecule has 4 aromatic rings. The molecule has 1 saturated heterocycles. The number of carbonyl (C=O) groups excluding carboxylic acids is 1. The normalized spacial score (nSPS) is 14.9. The largest absolute Gasteiger partial charge is 0.480 e. The fourth-order valence-corrected chi connectivity index (χ4v) is 5.89. The highest BCUT2D eigenvalue weighted by Crippen LogP contribution is 2.41. The van der Waals surface area contributed by atoms with E-state index in [-0.39, 0.29) is 17.5 Å². The fraction of sp³-hybridized carbons (Fsp3) is 0.294. The van der Waals surface area contributed by atoms with Crippen LogP contribution < -0.4 is 5.32 Å². The van der Waals surface area contributed by atoms with Crippen LogP contribution in [0.3, 0.4) is 0 Å². The highest BCUT2D eigenvalue weighted by atomic mass is 19.4.